The van der Waals surface area contributed by atoms with Crippen molar-refractivity contribution in [3.63, 3.8) is 0 Å². The van der Waals surface area contributed by atoms with Crippen molar-refractivity contribution in [2.24, 2.45) is 0 Å². The molecule has 0 radical (unpaired) electrons. The number of likely N-dealkylation sites (tertiary alicyclic amines) is 1. The van der Waals surface area contributed by atoms with Gasteiger partial charge in [-0.15, -0.1) is 0 Å². The number of Topliss-reactive ketones (excluding diaryl/α,β-unsaturated/α-hetero) is 1. The van der Waals surface area contributed by atoms with Crippen molar-refractivity contribution in [2.45, 2.75) is 32.2 Å². The van der Waals surface area contributed by atoms with Crippen LogP contribution in [0.15, 0.2) is 30.3 Å². The number of ketones is 1. The second-order valence-corrected chi connectivity index (χ2v) is 5.66. The summed E-state index contributed by atoms with van der Waals surface area (Å²) in [4.78, 5) is 28.5. The number of hydrogen-bond donors (Lipinski definition) is 0. The van der Waals surface area contributed by atoms with Crippen molar-refractivity contribution in [3.05, 3.63) is 35.9 Å². The van der Waals surface area contributed by atoms with Crippen LogP contribution in [-0.2, 0) is 4.79 Å². The SMILES string of the molecule is CCC(C(=O)c1ccccc1)N(C)CC(=O)N1CCCC1. The molecule has 1 fully saturated rings. The van der Waals surface area contributed by atoms with Gasteiger partial charge in [-0.3, -0.25) is 14.5 Å². The molecule has 1 atom stereocenters. The maximum Gasteiger partial charge on any atom is 0.236 e. The molecule has 1 aromatic rings. The molecule has 21 heavy (non-hydrogen) atoms. The van der Waals surface area contributed by atoms with E-state index in [9.17, 15) is 9.59 Å². The van der Waals surface area contributed by atoms with Crippen molar-refractivity contribution >= 4 is 11.7 Å². The zero-order valence-corrected chi connectivity index (χ0v) is 12.9. The summed E-state index contributed by atoms with van der Waals surface area (Å²) in [6, 6.07) is 9.07. The highest BCUT2D eigenvalue weighted by atomic mass is 16.2. The molecule has 1 aliphatic rings. The van der Waals surface area contributed by atoms with Gasteiger partial charge in [-0.05, 0) is 26.3 Å². The molecule has 0 bridgehead atoms. The van der Waals surface area contributed by atoms with Crippen molar-refractivity contribution in [3.8, 4) is 0 Å². The zero-order valence-electron chi connectivity index (χ0n) is 12.9. The van der Waals surface area contributed by atoms with Gasteiger partial charge in [0.15, 0.2) is 5.78 Å². The fraction of sp³-hybridized carbons (Fsp3) is 0.529. The predicted molar refractivity (Wildman–Crippen MR) is 83.3 cm³/mol. The lowest BCUT2D eigenvalue weighted by Gasteiger charge is -2.27. The summed E-state index contributed by atoms with van der Waals surface area (Å²) in [5, 5.41) is 0. The first-order valence-corrected chi connectivity index (χ1v) is 7.70. The molecule has 1 unspecified atom stereocenters. The van der Waals surface area contributed by atoms with Gasteiger partial charge in [-0.2, -0.15) is 0 Å². The minimum absolute atomic E-state index is 0.0924. The van der Waals surface area contributed by atoms with E-state index in [2.05, 4.69) is 0 Å². The van der Waals surface area contributed by atoms with E-state index in [4.69, 9.17) is 0 Å². The zero-order chi connectivity index (χ0) is 15.2. The van der Waals surface area contributed by atoms with Crippen LogP contribution in [0.4, 0.5) is 0 Å². The van der Waals surface area contributed by atoms with Crippen molar-refractivity contribution < 1.29 is 9.59 Å². The third-order valence-electron chi connectivity index (χ3n) is 4.12. The quantitative estimate of drug-likeness (QED) is 0.754. The van der Waals surface area contributed by atoms with Crippen LogP contribution >= 0.6 is 0 Å². The molecule has 0 saturated carbocycles. The third-order valence-corrected chi connectivity index (χ3v) is 4.12. The summed E-state index contributed by atoms with van der Waals surface area (Å²) in [7, 11) is 1.86. The lowest BCUT2D eigenvalue weighted by molar-refractivity contribution is -0.131. The fourth-order valence-corrected chi connectivity index (χ4v) is 2.88. The summed E-state index contributed by atoms with van der Waals surface area (Å²) in [5.41, 5.74) is 0.713. The number of likely N-dealkylation sites (N-methyl/N-ethyl adjacent to an activating group) is 1. The Morgan fingerprint density at radius 2 is 1.81 bits per heavy atom. The monoisotopic (exact) mass is 288 g/mol. The Labute approximate surface area is 126 Å². The Balaban J connectivity index is 1.99. The van der Waals surface area contributed by atoms with E-state index in [1.54, 1.807) is 0 Å². The van der Waals surface area contributed by atoms with E-state index in [0.29, 0.717) is 18.5 Å². The summed E-state index contributed by atoms with van der Waals surface area (Å²) in [6.07, 6.45) is 2.89. The molecule has 1 amide bonds. The second kappa shape index (κ2) is 7.36. The van der Waals surface area contributed by atoms with Gasteiger partial charge < -0.3 is 4.90 Å². The molecule has 1 heterocycles. The van der Waals surface area contributed by atoms with Crippen molar-refractivity contribution in [1.29, 1.82) is 0 Å². The Kier molecular flexibility index (Phi) is 5.51. The molecule has 0 N–H and O–H groups in total. The minimum Gasteiger partial charge on any atom is -0.342 e. The first-order valence-electron chi connectivity index (χ1n) is 7.70. The van der Waals surface area contributed by atoms with Gasteiger partial charge in [0.05, 0.1) is 12.6 Å². The maximum atomic E-state index is 12.6. The first-order chi connectivity index (χ1) is 10.1. The molecule has 0 aliphatic carbocycles. The number of carbonyl (C=O) groups is 2. The molecular formula is C17H24N2O2. The average Bonchev–Trinajstić information content (AvgIpc) is 3.03. The van der Waals surface area contributed by atoms with Crippen LogP contribution in [0.5, 0.6) is 0 Å². The Morgan fingerprint density at radius 3 is 2.38 bits per heavy atom. The molecule has 4 heteroatoms. The number of nitrogens with zero attached hydrogens (tertiary/aromatic N) is 2. The minimum atomic E-state index is -0.237. The lowest BCUT2D eigenvalue weighted by Crippen LogP contribution is -2.44. The third kappa shape index (κ3) is 3.91. The highest BCUT2D eigenvalue weighted by molar-refractivity contribution is 6.00. The number of amides is 1. The Morgan fingerprint density at radius 1 is 1.19 bits per heavy atom. The van der Waals surface area contributed by atoms with Crippen LogP contribution in [0, 0.1) is 0 Å². The Hall–Kier alpha value is -1.68. The van der Waals surface area contributed by atoms with Crippen molar-refractivity contribution in [2.75, 3.05) is 26.7 Å². The van der Waals surface area contributed by atoms with Gasteiger partial charge >= 0.3 is 0 Å². The van der Waals surface area contributed by atoms with Gasteiger partial charge in [-0.25, -0.2) is 0 Å². The smallest absolute Gasteiger partial charge is 0.236 e. The van der Waals surface area contributed by atoms with E-state index in [1.165, 1.54) is 0 Å². The molecular weight excluding hydrogens is 264 g/mol. The van der Waals surface area contributed by atoms with Crippen molar-refractivity contribution in [1.82, 2.24) is 9.80 Å². The van der Waals surface area contributed by atoms with E-state index in [0.717, 1.165) is 25.9 Å². The summed E-state index contributed by atoms with van der Waals surface area (Å²) in [5.74, 6) is 0.226. The van der Waals surface area contributed by atoms with Crippen LogP contribution < -0.4 is 0 Å². The van der Waals surface area contributed by atoms with Crippen LogP contribution in [0.1, 0.15) is 36.5 Å². The van der Waals surface area contributed by atoms with Crippen LogP contribution in [-0.4, -0.2) is 54.2 Å². The molecule has 4 nitrogen and oxygen atoms in total. The van der Waals surface area contributed by atoms with E-state index in [-0.39, 0.29) is 17.7 Å². The summed E-state index contributed by atoms with van der Waals surface area (Å²) >= 11 is 0. The van der Waals surface area contributed by atoms with Gasteiger partial charge in [0.2, 0.25) is 5.91 Å². The van der Waals surface area contributed by atoms with Gasteiger partial charge in [0, 0.05) is 18.7 Å². The van der Waals surface area contributed by atoms with Crippen LogP contribution in [0.3, 0.4) is 0 Å². The topological polar surface area (TPSA) is 40.6 Å². The standard InChI is InChI=1S/C17H24N2O2/c1-3-15(17(21)14-9-5-4-6-10-14)18(2)13-16(20)19-11-7-8-12-19/h4-6,9-10,15H,3,7-8,11-13H2,1-2H3. The first kappa shape index (κ1) is 15.7. The number of rotatable bonds is 6. The molecule has 2 rings (SSSR count). The van der Waals surface area contributed by atoms with Crippen LogP contribution in [0.25, 0.3) is 0 Å². The molecule has 1 aliphatic heterocycles. The molecule has 0 aromatic heterocycles. The average molecular weight is 288 g/mol. The van der Waals surface area contributed by atoms with E-state index < -0.39 is 0 Å². The second-order valence-electron chi connectivity index (χ2n) is 5.66. The molecule has 1 aromatic carbocycles. The van der Waals surface area contributed by atoms with Crippen LogP contribution in [0.2, 0.25) is 0 Å². The normalized spacial score (nSPS) is 16.2. The largest absolute Gasteiger partial charge is 0.342 e. The Bertz CT molecular complexity index is 481. The summed E-state index contributed by atoms with van der Waals surface area (Å²) in [6.45, 7) is 4.02. The lowest BCUT2D eigenvalue weighted by atomic mass is 10.0. The number of carbonyl (C=O) groups excluding carboxylic acids is 2. The maximum absolute atomic E-state index is 12.6. The van der Waals surface area contributed by atoms with E-state index in [1.807, 2.05) is 54.1 Å². The van der Waals surface area contributed by atoms with Gasteiger partial charge in [-0.1, -0.05) is 37.3 Å². The van der Waals surface area contributed by atoms with Gasteiger partial charge in [0.25, 0.3) is 0 Å². The predicted octanol–water partition coefficient (Wildman–Crippen LogP) is 2.20. The number of hydrogen-bond acceptors (Lipinski definition) is 3. The fourth-order valence-electron chi connectivity index (χ4n) is 2.88. The summed E-state index contributed by atoms with van der Waals surface area (Å²) < 4.78 is 0. The molecule has 114 valence electrons. The highest BCUT2D eigenvalue weighted by Crippen LogP contribution is 2.13. The number of benzene rings is 1. The highest BCUT2D eigenvalue weighted by Gasteiger charge is 2.26. The van der Waals surface area contributed by atoms with E-state index >= 15 is 0 Å². The molecule has 0 spiro atoms. The molecule has 1 saturated heterocycles. The van der Waals surface area contributed by atoms with Gasteiger partial charge in [0.1, 0.15) is 0 Å².